The summed E-state index contributed by atoms with van der Waals surface area (Å²) >= 11 is 0. The van der Waals surface area contributed by atoms with Crippen molar-refractivity contribution in [3.63, 3.8) is 0 Å². The number of hydrogen-bond acceptors (Lipinski definition) is 1. The van der Waals surface area contributed by atoms with Gasteiger partial charge in [0.05, 0.1) is 0 Å². The molecule has 0 radical (unpaired) electrons. The number of nitrogens with zero attached hydrogens (tertiary/aromatic N) is 1. The van der Waals surface area contributed by atoms with Gasteiger partial charge in [0, 0.05) is 6.54 Å². The molecule has 0 aliphatic heterocycles. The third-order valence-electron chi connectivity index (χ3n) is 3.01. The van der Waals surface area contributed by atoms with Crippen LogP contribution in [0.4, 0.5) is 0 Å². The number of hydrogen-bond donors (Lipinski definition) is 0. The molecule has 0 aromatic rings. The second-order valence-electron chi connectivity index (χ2n) is 4.53. The number of allylic oxidation sites excluding steroid dienone is 1. The van der Waals surface area contributed by atoms with E-state index in [1.165, 1.54) is 38.8 Å². The summed E-state index contributed by atoms with van der Waals surface area (Å²) in [5.74, 6) is 0.898. The Bertz CT molecular complexity index is 151. The summed E-state index contributed by atoms with van der Waals surface area (Å²) in [6.45, 7) is 12.6. The van der Waals surface area contributed by atoms with E-state index in [1.807, 2.05) is 0 Å². The van der Waals surface area contributed by atoms with E-state index in [2.05, 4.69) is 44.7 Å². The maximum Gasteiger partial charge on any atom is 0.0163 e. The lowest BCUT2D eigenvalue weighted by molar-refractivity contribution is 0.287. The zero-order valence-electron chi connectivity index (χ0n) is 11.1. The summed E-state index contributed by atoms with van der Waals surface area (Å²) in [6.07, 6.45) is 9.73. The SMILES string of the molecule is C/C=C/CN(CCC)CCCC(C)CC. The first kappa shape index (κ1) is 14.7. The van der Waals surface area contributed by atoms with E-state index >= 15 is 0 Å². The van der Waals surface area contributed by atoms with Gasteiger partial charge in [0.1, 0.15) is 0 Å². The van der Waals surface area contributed by atoms with E-state index in [0.717, 1.165) is 12.5 Å². The molecule has 0 rings (SSSR count). The van der Waals surface area contributed by atoms with Gasteiger partial charge in [0.15, 0.2) is 0 Å². The summed E-state index contributed by atoms with van der Waals surface area (Å²) in [5, 5.41) is 0. The molecule has 0 saturated carbocycles. The van der Waals surface area contributed by atoms with Crippen LogP contribution in [0.3, 0.4) is 0 Å². The molecule has 0 N–H and O–H groups in total. The molecule has 0 saturated heterocycles. The van der Waals surface area contributed by atoms with Crippen LogP contribution in [0, 0.1) is 5.92 Å². The van der Waals surface area contributed by atoms with E-state index in [1.54, 1.807) is 0 Å². The van der Waals surface area contributed by atoms with Crippen LogP contribution in [-0.2, 0) is 0 Å². The molecular formula is C14H29N. The summed E-state index contributed by atoms with van der Waals surface area (Å²) in [6, 6.07) is 0. The predicted octanol–water partition coefficient (Wildman–Crippen LogP) is 4.10. The van der Waals surface area contributed by atoms with Crippen LogP contribution in [0.5, 0.6) is 0 Å². The van der Waals surface area contributed by atoms with Gasteiger partial charge in [0.25, 0.3) is 0 Å². The third-order valence-corrected chi connectivity index (χ3v) is 3.01. The highest BCUT2D eigenvalue weighted by atomic mass is 15.1. The van der Waals surface area contributed by atoms with Gasteiger partial charge in [-0.05, 0) is 45.2 Å². The van der Waals surface area contributed by atoms with Gasteiger partial charge in [-0.3, -0.25) is 4.90 Å². The predicted molar refractivity (Wildman–Crippen MR) is 70.2 cm³/mol. The fourth-order valence-electron chi connectivity index (χ4n) is 1.73. The van der Waals surface area contributed by atoms with Gasteiger partial charge in [0.2, 0.25) is 0 Å². The van der Waals surface area contributed by atoms with Crippen LogP contribution >= 0.6 is 0 Å². The van der Waals surface area contributed by atoms with Gasteiger partial charge in [-0.25, -0.2) is 0 Å². The van der Waals surface area contributed by atoms with Crippen LogP contribution in [-0.4, -0.2) is 24.5 Å². The molecular weight excluding hydrogens is 182 g/mol. The zero-order valence-corrected chi connectivity index (χ0v) is 11.1. The molecule has 0 spiro atoms. The first-order valence-electron chi connectivity index (χ1n) is 6.58. The topological polar surface area (TPSA) is 3.24 Å². The van der Waals surface area contributed by atoms with Gasteiger partial charge >= 0.3 is 0 Å². The lowest BCUT2D eigenvalue weighted by Crippen LogP contribution is -2.26. The van der Waals surface area contributed by atoms with Crippen molar-refractivity contribution in [2.45, 2.75) is 53.4 Å². The molecule has 90 valence electrons. The summed E-state index contributed by atoms with van der Waals surface area (Å²) in [5.41, 5.74) is 0. The van der Waals surface area contributed by atoms with Gasteiger partial charge < -0.3 is 0 Å². The third kappa shape index (κ3) is 8.68. The minimum absolute atomic E-state index is 0.898. The van der Waals surface area contributed by atoms with Crippen molar-refractivity contribution in [3.8, 4) is 0 Å². The molecule has 1 nitrogen and oxygen atoms in total. The van der Waals surface area contributed by atoms with Crippen molar-refractivity contribution in [3.05, 3.63) is 12.2 Å². The molecule has 1 heteroatoms. The van der Waals surface area contributed by atoms with Gasteiger partial charge in [-0.15, -0.1) is 0 Å². The van der Waals surface area contributed by atoms with E-state index < -0.39 is 0 Å². The van der Waals surface area contributed by atoms with Crippen LogP contribution in [0.15, 0.2) is 12.2 Å². The average molecular weight is 211 g/mol. The molecule has 0 fully saturated rings. The first-order chi connectivity index (χ1) is 7.24. The van der Waals surface area contributed by atoms with Crippen LogP contribution in [0.25, 0.3) is 0 Å². The minimum atomic E-state index is 0.898. The van der Waals surface area contributed by atoms with Gasteiger partial charge in [-0.1, -0.05) is 39.3 Å². The normalized spacial score (nSPS) is 13.9. The first-order valence-corrected chi connectivity index (χ1v) is 6.58. The van der Waals surface area contributed by atoms with E-state index in [4.69, 9.17) is 0 Å². The molecule has 1 atom stereocenters. The highest BCUT2D eigenvalue weighted by molar-refractivity contribution is 4.81. The second-order valence-corrected chi connectivity index (χ2v) is 4.53. The van der Waals surface area contributed by atoms with Crippen molar-refractivity contribution in [2.24, 2.45) is 5.92 Å². The minimum Gasteiger partial charge on any atom is -0.300 e. The van der Waals surface area contributed by atoms with Crippen molar-refractivity contribution in [1.29, 1.82) is 0 Å². The van der Waals surface area contributed by atoms with E-state index in [0.29, 0.717) is 0 Å². The average Bonchev–Trinajstić information content (AvgIpc) is 2.25. The molecule has 0 aromatic heterocycles. The standard InChI is InChI=1S/C14H29N/c1-5-8-12-15(11-6-2)13-9-10-14(4)7-3/h5,8,14H,6-7,9-13H2,1-4H3/b8-5+. The zero-order chi connectivity index (χ0) is 11.5. The molecule has 1 unspecified atom stereocenters. The molecule has 15 heavy (non-hydrogen) atoms. The highest BCUT2D eigenvalue weighted by Crippen LogP contribution is 2.10. The second kappa shape index (κ2) is 10.2. The molecule has 0 aliphatic carbocycles. The Kier molecular flexibility index (Phi) is 10.0. The molecule has 0 bridgehead atoms. The Morgan fingerprint density at radius 3 is 2.47 bits per heavy atom. The van der Waals surface area contributed by atoms with Crippen molar-refractivity contribution in [2.75, 3.05) is 19.6 Å². The highest BCUT2D eigenvalue weighted by Gasteiger charge is 2.03. The molecule has 0 amide bonds. The Balaban J connectivity index is 3.64. The Morgan fingerprint density at radius 2 is 1.93 bits per heavy atom. The Morgan fingerprint density at radius 1 is 1.20 bits per heavy atom. The number of rotatable bonds is 9. The van der Waals surface area contributed by atoms with E-state index in [-0.39, 0.29) is 0 Å². The van der Waals surface area contributed by atoms with Crippen molar-refractivity contribution >= 4 is 0 Å². The quantitative estimate of drug-likeness (QED) is 0.519. The van der Waals surface area contributed by atoms with Crippen molar-refractivity contribution < 1.29 is 0 Å². The van der Waals surface area contributed by atoms with E-state index in [9.17, 15) is 0 Å². The smallest absolute Gasteiger partial charge is 0.0163 e. The van der Waals surface area contributed by atoms with Crippen molar-refractivity contribution in [1.82, 2.24) is 4.90 Å². The van der Waals surface area contributed by atoms with Crippen LogP contribution in [0.2, 0.25) is 0 Å². The maximum atomic E-state index is 2.56. The summed E-state index contributed by atoms with van der Waals surface area (Å²) < 4.78 is 0. The lowest BCUT2D eigenvalue weighted by atomic mass is 10.0. The fraction of sp³-hybridized carbons (Fsp3) is 0.857. The molecule has 0 aliphatic rings. The Hall–Kier alpha value is -0.300. The Labute approximate surface area is 96.6 Å². The van der Waals surface area contributed by atoms with Gasteiger partial charge in [-0.2, -0.15) is 0 Å². The molecule has 0 aromatic carbocycles. The van der Waals surface area contributed by atoms with Crippen LogP contribution in [0.1, 0.15) is 53.4 Å². The fourth-order valence-corrected chi connectivity index (χ4v) is 1.73. The van der Waals surface area contributed by atoms with Crippen LogP contribution < -0.4 is 0 Å². The molecule has 0 heterocycles. The maximum absolute atomic E-state index is 2.56. The monoisotopic (exact) mass is 211 g/mol. The largest absolute Gasteiger partial charge is 0.300 e. The summed E-state index contributed by atoms with van der Waals surface area (Å²) in [7, 11) is 0. The summed E-state index contributed by atoms with van der Waals surface area (Å²) in [4.78, 5) is 2.56. The lowest BCUT2D eigenvalue weighted by Gasteiger charge is -2.20.